The lowest BCUT2D eigenvalue weighted by atomic mass is 10.1. The molecule has 1 amide bonds. The van der Waals surface area contributed by atoms with E-state index in [-0.39, 0.29) is 23.2 Å². The highest BCUT2D eigenvalue weighted by Crippen LogP contribution is 2.35. The zero-order chi connectivity index (χ0) is 19.3. The number of carbonyl (C=O) groups excluding carboxylic acids is 1. The summed E-state index contributed by atoms with van der Waals surface area (Å²) in [6.45, 7) is 0. The molecule has 1 unspecified atom stereocenters. The third kappa shape index (κ3) is 5.70. The summed E-state index contributed by atoms with van der Waals surface area (Å²) in [6, 6.07) is 11.9. The topological polar surface area (TPSA) is 150 Å². The number of nitrogens with two attached hydrogens (primary N) is 1. The largest absolute Gasteiger partial charge is 0.478 e. The number of nitrogens with one attached hydrogen (secondary N) is 1. The second-order valence-electron chi connectivity index (χ2n) is 5.81. The number of hydrogen-bond acceptors (Lipinski definition) is 4. The lowest BCUT2D eigenvalue weighted by molar-refractivity contribution is 0.0697. The van der Waals surface area contributed by atoms with Gasteiger partial charge in [0, 0.05) is 17.3 Å². The molecular formula is C17H19N2O6P. The summed E-state index contributed by atoms with van der Waals surface area (Å²) in [5.41, 5.74) is 6.35. The van der Waals surface area contributed by atoms with Crippen molar-refractivity contribution < 1.29 is 29.0 Å². The van der Waals surface area contributed by atoms with Gasteiger partial charge in [-0.1, -0.05) is 30.3 Å². The van der Waals surface area contributed by atoms with Crippen molar-refractivity contribution in [2.24, 2.45) is 0 Å². The second-order valence-corrected chi connectivity index (χ2v) is 7.51. The molecule has 9 heteroatoms. The lowest BCUT2D eigenvalue weighted by Gasteiger charge is -2.20. The SMILES string of the molecule is Nc1cc(C(=O)NC(Cc2ccccc2)CP(=O)(O)O)ccc1C(=O)O. The van der Waals surface area contributed by atoms with Crippen molar-refractivity contribution in [3.63, 3.8) is 0 Å². The van der Waals surface area contributed by atoms with Crippen molar-refractivity contribution in [1.82, 2.24) is 5.32 Å². The van der Waals surface area contributed by atoms with Gasteiger partial charge in [0.25, 0.3) is 5.91 Å². The van der Waals surface area contributed by atoms with Crippen LogP contribution < -0.4 is 11.1 Å². The highest BCUT2D eigenvalue weighted by Gasteiger charge is 2.24. The molecule has 2 aromatic rings. The maximum Gasteiger partial charge on any atom is 0.337 e. The molecular weight excluding hydrogens is 359 g/mol. The fourth-order valence-corrected chi connectivity index (χ4v) is 3.31. The number of carboxylic acids is 1. The first-order valence-corrected chi connectivity index (χ1v) is 9.47. The molecule has 0 aliphatic heterocycles. The van der Waals surface area contributed by atoms with Crippen LogP contribution >= 0.6 is 7.60 Å². The standard InChI is InChI=1S/C17H19N2O6P/c18-15-9-12(6-7-14(15)17(21)22)16(20)19-13(10-26(23,24)25)8-11-4-2-1-3-5-11/h1-7,9,13H,8,10,18H2,(H,19,20)(H,21,22)(H2,23,24,25). The van der Waals surface area contributed by atoms with E-state index >= 15 is 0 Å². The fourth-order valence-electron chi connectivity index (χ4n) is 2.51. The van der Waals surface area contributed by atoms with Crippen molar-refractivity contribution in [2.45, 2.75) is 12.5 Å². The minimum absolute atomic E-state index is 0.0697. The van der Waals surface area contributed by atoms with Gasteiger partial charge in [-0.3, -0.25) is 9.36 Å². The molecule has 0 spiro atoms. The quantitative estimate of drug-likeness (QED) is 0.362. The number of aromatic carboxylic acids is 1. The number of rotatable bonds is 7. The molecule has 6 N–H and O–H groups in total. The molecule has 0 fully saturated rings. The van der Waals surface area contributed by atoms with Gasteiger partial charge in [0.2, 0.25) is 0 Å². The van der Waals surface area contributed by atoms with E-state index in [9.17, 15) is 23.9 Å². The fraction of sp³-hybridized carbons (Fsp3) is 0.176. The first-order chi connectivity index (χ1) is 12.2. The van der Waals surface area contributed by atoms with Crippen LogP contribution in [0.5, 0.6) is 0 Å². The van der Waals surface area contributed by atoms with Crippen molar-refractivity contribution in [3.8, 4) is 0 Å². The van der Waals surface area contributed by atoms with Gasteiger partial charge in [0.05, 0.1) is 11.7 Å². The van der Waals surface area contributed by atoms with E-state index in [0.717, 1.165) is 5.56 Å². The zero-order valence-corrected chi connectivity index (χ0v) is 14.6. The Morgan fingerprint density at radius 3 is 2.31 bits per heavy atom. The van der Waals surface area contributed by atoms with Crippen molar-refractivity contribution in [3.05, 3.63) is 65.2 Å². The second kappa shape index (κ2) is 8.14. The molecule has 138 valence electrons. The van der Waals surface area contributed by atoms with Gasteiger partial charge >= 0.3 is 13.6 Å². The monoisotopic (exact) mass is 378 g/mol. The molecule has 0 heterocycles. The molecule has 0 aliphatic carbocycles. The van der Waals surface area contributed by atoms with E-state index < -0.39 is 31.7 Å². The Labute approximate surface area is 149 Å². The number of anilines is 1. The van der Waals surface area contributed by atoms with Crippen LogP contribution in [0.15, 0.2) is 48.5 Å². The van der Waals surface area contributed by atoms with Crippen molar-refractivity contribution >= 4 is 25.2 Å². The summed E-state index contributed by atoms with van der Waals surface area (Å²) in [4.78, 5) is 41.9. The van der Waals surface area contributed by atoms with Crippen LogP contribution in [0.25, 0.3) is 0 Å². The zero-order valence-electron chi connectivity index (χ0n) is 13.7. The highest BCUT2D eigenvalue weighted by atomic mass is 31.2. The summed E-state index contributed by atoms with van der Waals surface area (Å²) in [7, 11) is -4.35. The molecule has 0 bridgehead atoms. The Morgan fingerprint density at radius 2 is 1.77 bits per heavy atom. The Hall–Kier alpha value is -2.67. The van der Waals surface area contributed by atoms with E-state index in [4.69, 9.17) is 10.8 Å². The Kier molecular flexibility index (Phi) is 6.15. The Bertz CT molecular complexity index is 850. The van der Waals surface area contributed by atoms with Gasteiger partial charge in [-0.25, -0.2) is 4.79 Å². The van der Waals surface area contributed by atoms with Gasteiger partial charge in [-0.15, -0.1) is 0 Å². The van der Waals surface area contributed by atoms with Crippen LogP contribution in [0.4, 0.5) is 5.69 Å². The molecule has 2 rings (SSSR count). The van der Waals surface area contributed by atoms with E-state index in [2.05, 4.69) is 5.32 Å². The number of amides is 1. The van der Waals surface area contributed by atoms with E-state index in [1.54, 1.807) is 24.3 Å². The average molecular weight is 378 g/mol. The summed E-state index contributed by atoms with van der Waals surface area (Å²) < 4.78 is 11.4. The molecule has 1 atom stereocenters. The van der Waals surface area contributed by atoms with Crippen LogP contribution in [0.1, 0.15) is 26.3 Å². The first-order valence-electron chi connectivity index (χ1n) is 7.68. The van der Waals surface area contributed by atoms with Crippen LogP contribution in [0, 0.1) is 0 Å². The summed E-state index contributed by atoms with van der Waals surface area (Å²) in [5.74, 6) is -1.80. The van der Waals surface area contributed by atoms with Crippen LogP contribution in [-0.4, -0.2) is 39.0 Å². The van der Waals surface area contributed by atoms with Crippen LogP contribution in [0.2, 0.25) is 0 Å². The molecule has 0 aliphatic rings. The third-order valence-corrected chi connectivity index (χ3v) is 4.58. The minimum atomic E-state index is -4.35. The average Bonchev–Trinajstić information content (AvgIpc) is 2.53. The van der Waals surface area contributed by atoms with E-state index in [1.807, 2.05) is 6.07 Å². The van der Waals surface area contributed by atoms with Gasteiger partial charge in [0.15, 0.2) is 0 Å². The molecule has 0 aromatic heterocycles. The van der Waals surface area contributed by atoms with E-state index in [0.29, 0.717) is 0 Å². The summed E-state index contributed by atoms with van der Waals surface area (Å²) >= 11 is 0. The smallest absolute Gasteiger partial charge is 0.337 e. The lowest BCUT2D eigenvalue weighted by Crippen LogP contribution is -2.39. The summed E-state index contributed by atoms with van der Waals surface area (Å²) in [6.07, 6.45) is -0.281. The summed E-state index contributed by atoms with van der Waals surface area (Å²) in [5, 5.41) is 11.5. The number of carbonyl (C=O) groups is 2. The van der Waals surface area contributed by atoms with Gasteiger partial charge in [-0.05, 0) is 30.2 Å². The Morgan fingerprint density at radius 1 is 1.12 bits per heavy atom. The molecule has 2 aromatic carbocycles. The number of carboxylic acid groups (broad SMARTS) is 1. The predicted octanol–water partition coefficient (Wildman–Crippen LogP) is 1.49. The van der Waals surface area contributed by atoms with E-state index in [1.165, 1.54) is 18.2 Å². The predicted molar refractivity (Wildman–Crippen MR) is 96.1 cm³/mol. The van der Waals surface area contributed by atoms with Gasteiger partial charge in [0.1, 0.15) is 0 Å². The highest BCUT2D eigenvalue weighted by molar-refractivity contribution is 7.51. The van der Waals surface area contributed by atoms with Gasteiger partial charge in [-0.2, -0.15) is 0 Å². The minimum Gasteiger partial charge on any atom is -0.478 e. The van der Waals surface area contributed by atoms with Crippen LogP contribution in [-0.2, 0) is 11.0 Å². The molecule has 0 saturated carbocycles. The normalized spacial score (nSPS) is 12.4. The maximum absolute atomic E-state index is 12.4. The van der Waals surface area contributed by atoms with Crippen LogP contribution in [0.3, 0.4) is 0 Å². The van der Waals surface area contributed by atoms with Crippen molar-refractivity contribution in [2.75, 3.05) is 11.9 Å². The third-order valence-electron chi connectivity index (χ3n) is 3.66. The Balaban J connectivity index is 2.18. The molecule has 0 radical (unpaired) electrons. The maximum atomic E-state index is 12.4. The molecule has 8 nitrogen and oxygen atoms in total. The number of benzene rings is 2. The first kappa shape index (κ1) is 19.7. The molecule has 0 saturated heterocycles. The number of nitrogen functional groups attached to an aromatic ring is 1. The van der Waals surface area contributed by atoms with Gasteiger partial charge < -0.3 is 25.9 Å². The molecule has 26 heavy (non-hydrogen) atoms. The van der Waals surface area contributed by atoms with Crippen molar-refractivity contribution in [1.29, 1.82) is 0 Å². The number of hydrogen-bond donors (Lipinski definition) is 5.